The molecule has 2 aromatic rings. The Morgan fingerprint density at radius 1 is 1.19 bits per heavy atom. The number of carbonyl (C=O) groups excluding carboxylic acids is 1. The molecule has 5 nitrogen and oxygen atoms in total. The average molecular weight is 369 g/mol. The number of halogens is 1. The molecule has 6 heteroatoms. The van der Waals surface area contributed by atoms with Crippen LogP contribution in [0.1, 0.15) is 22.3 Å². The van der Waals surface area contributed by atoms with Crippen molar-refractivity contribution < 1.29 is 13.9 Å². The third-order valence-corrected chi connectivity index (χ3v) is 5.41. The van der Waals surface area contributed by atoms with Crippen LogP contribution < -0.4 is 15.8 Å². The number of benzene rings is 2. The first kappa shape index (κ1) is 17.9. The highest BCUT2D eigenvalue weighted by atomic mass is 19.1. The van der Waals surface area contributed by atoms with E-state index in [9.17, 15) is 9.18 Å². The zero-order chi connectivity index (χ0) is 18.8. The minimum atomic E-state index is -0.518. The van der Waals surface area contributed by atoms with Crippen LogP contribution in [0, 0.1) is 11.7 Å². The molecular formula is C21H24FN3O2. The average Bonchev–Trinajstić information content (AvgIpc) is 3.27. The van der Waals surface area contributed by atoms with Crippen LogP contribution in [-0.2, 0) is 6.42 Å². The lowest BCUT2D eigenvalue weighted by Gasteiger charge is -2.18. The molecule has 0 aromatic heterocycles. The van der Waals surface area contributed by atoms with Gasteiger partial charge in [0.2, 0.25) is 0 Å². The van der Waals surface area contributed by atoms with Crippen molar-refractivity contribution in [3.8, 4) is 11.5 Å². The minimum absolute atomic E-state index is 0.0622. The van der Waals surface area contributed by atoms with Crippen LogP contribution in [0.15, 0.2) is 42.5 Å². The fourth-order valence-electron chi connectivity index (χ4n) is 3.94. The molecule has 2 atom stereocenters. The summed E-state index contributed by atoms with van der Waals surface area (Å²) >= 11 is 0. The van der Waals surface area contributed by atoms with Crippen LogP contribution in [-0.4, -0.2) is 43.0 Å². The zero-order valence-corrected chi connectivity index (χ0v) is 15.2. The van der Waals surface area contributed by atoms with E-state index in [0.29, 0.717) is 43.1 Å². The van der Waals surface area contributed by atoms with E-state index in [-0.39, 0.29) is 11.5 Å². The summed E-state index contributed by atoms with van der Waals surface area (Å²) in [6, 6.07) is 12.3. The van der Waals surface area contributed by atoms with Crippen molar-refractivity contribution in [3.05, 3.63) is 59.4 Å². The van der Waals surface area contributed by atoms with Gasteiger partial charge in [-0.25, -0.2) is 4.39 Å². The van der Waals surface area contributed by atoms with Crippen molar-refractivity contribution in [2.45, 2.75) is 18.9 Å². The van der Waals surface area contributed by atoms with Crippen molar-refractivity contribution in [2.24, 2.45) is 11.7 Å². The maximum atomic E-state index is 14.3. The van der Waals surface area contributed by atoms with Crippen molar-refractivity contribution in [3.63, 3.8) is 0 Å². The van der Waals surface area contributed by atoms with E-state index in [1.165, 1.54) is 12.1 Å². The minimum Gasteiger partial charge on any atom is -0.457 e. The molecule has 2 heterocycles. The second-order valence-electron chi connectivity index (χ2n) is 7.25. The van der Waals surface area contributed by atoms with Gasteiger partial charge in [-0.15, -0.1) is 0 Å². The lowest BCUT2D eigenvalue weighted by molar-refractivity contribution is 0.0777. The van der Waals surface area contributed by atoms with E-state index in [1.807, 2.05) is 24.3 Å². The first-order valence-electron chi connectivity index (χ1n) is 9.43. The second-order valence-corrected chi connectivity index (χ2v) is 7.25. The molecule has 2 aliphatic heterocycles. The lowest BCUT2D eigenvalue weighted by Crippen LogP contribution is -2.34. The molecule has 0 bridgehead atoms. The summed E-state index contributed by atoms with van der Waals surface area (Å²) in [6.45, 7) is 2.91. The Labute approximate surface area is 158 Å². The quantitative estimate of drug-likeness (QED) is 0.850. The van der Waals surface area contributed by atoms with E-state index in [1.54, 1.807) is 11.0 Å². The summed E-state index contributed by atoms with van der Waals surface area (Å²) in [7, 11) is 0. The van der Waals surface area contributed by atoms with Crippen molar-refractivity contribution in [1.82, 2.24) is 10.2 Å². The summed E-state index contributed by atoms with van der Waals surface area (Å²) in [5.41, 5.74) is 6.75. The van der Waals surface area contributed by atoms with Gasteiger partial charge >= 0.3 is 0 Å². The topological polar surface area (TPSA) is 67.6 Å². The van der Waals surface area contributed by atoms with E-state index in [0.717, 1.165) is 24.9 Å². The summed E-state index contributed by atoms with van der Waals surface area (Å²) < 4.78 is 20.1. The largest absolute Gasteiger partial charge is 0.457 e. The Morgan fingerprint density at radius 2 is 1.96 bits per heavy atom. The van der Waals surface area contributed by atoms with Crippen molar-refractivity contribution >= 4 is 5.91 Å². The second kappa shape index (κ2) is 7.66. The number of carbonyl (C=O) groups is 1. The van der Waals surface area contributed by atoms with Crippen LogP contribution in [0.2, 0.25) is 0 Å². The number of nitrogens with two attached hydrogens (primary N) is 1. The van der Waals surface area contributed by atoms with E-state index >= 15 is 0 Å². The summed E-state index contributed by atoms with van der Waals surface area (Å²) in [4.78, 5) is 14.6. The molecule has 2 aromatic carbocycles. The molecule has 2 aliphatic rings. The lowest BCUT2D eigenvalue weighted by atomic mass is 10.1. The summed E-state index contributed by atoms with van der Waals surface area (Å²) in [5, 5.41) is 3.41. The molecule has 1 amide bonds. The Kier molecular flexibility index (Phi) is 5.09. The first-order valence-corrected chi connectivity index (χ1v) is 9.43. The molecule has 0 aliphatic carbocycles. The van der Waals surface area contributed by atoms with Crippen LogP contribution in [0.3, 0.4) is 0 Å². The third-order valence-electron chi connectivity index (χ3n) is 5.41. The predicted octanol–water partition coefficient (Wildman–Crippen LogP) is 2.55. The number of ether oxygens (including phenoxy) is 1. The number of rotatable bonds is 5. The normalized spacial score (nSPS) is 21.3. The monoisotopic (exact) mass is 369 g/mol. The molecular weight excluding hydrogens is 345 g/mol. The molecule has 0 unspecified atom stereocenters. The van der Waals surface area contributed by atoms with Gasteiger partial charge < -0.3 is 20.7 Å². The maximum absolute atomic E-state index is 14.3. The van der Waals surface area contributed by atoms with Crippen LogP contribution in [0.5, 0.6) is 11.5 Å². The number of nitrogens with zero attached hydrogens (tertiary/aromatic N) is 1. The zero-order valence-electron chi connectivity index (χ0n) is 15.2. The molecule has 3 N–H and O–H groups in total. The number of hydrogen-bond acceptors (Lipinski definition) is 4. The van der Waals surface area contributed by atoms with Crippen LogP contribution in [0.25, 0.3) is 0 Å². The Balaban J connectivity index is 1.48. The fourth-order valence-corrected chi connectivity index (χ4v) is 3.94. The van der Waals surface area contributed by atoms with Gasteiger partial charge in [0.15, 0.2) is 0 Å². The molecule has 4 rings (SSSR count). The van der Waals surface area contributed by atoms with Gasteiger partial charge in [0, 0.05) is 19.1 Å². The molecule has 2 saturated heterocycles. The summed E-state index contributed by atoms with van der Waals surface area (Å²) in [5.74, 6) is 0.774. The van der Waals surface area contributed by atoms with Gasteiger partial charge in [0.05, 0.1) is 5.56 Å². The molecule has 2 fully saturated rings. The smallest absolute Gasteiger partial charge is 0.257 e. The highest BCUT2D eigenvalue weighted by molar-refractivity contribution is 5.95. The van der Waals surface area contributed by atoms with E-state index in [2.05, 4.69) is 5.32 Å². The van der Waals surface area contributed by atoms with E-state index < -0.39 is 5.82 Å². The molecule has 27 heavy (non-hydrogen) atoms. The number of nitrogens with one attached hydrogen (secondary N) is 1. The summed E-state index contributed by atoms with van der Waals surface area (Å²) in [6.07, 6.45) is 1.88. The fraction of sp³-hybridized carbons (Fsp3) is 0.381. The Bertz CT molecular complexity index is 813. The van der Waals surface area contributed by atoms with Gasteiger partial charge in [0.25, 0.3) is 5.91 Å². The van der Waals surface area contributed by atoms with Crippen molar-refractivity contribution in [2.75, 3.05) is 26.2 Å². The van der Waals surface area contributed by atoms with Gasteiger partial charge in [-0.3, -0.25) is 4.79 Å². The van der Waals surface area contributed by atoms with Gasteiger partial charge in [-0.1, -0.05) is 12.1 Å². The molecule has 0 spiro atoms. The van der Waals surface area contributed by atoms with Crippen LogP contribution >= 0.6 is 0 Å². The molecule has 0 saturated carbocycles. The number of likely N-dealkylation sites (tertiary alicyclic amines) is 1. The molecule has 0 radical (unpaired) electrons. The van der Waals surface area contributed by atoms with Crippen molar-refractivity contribution in [1.29, 1.82) is 0 Å². The maximum Gasteiger partial charge on any atom is 0.257 e. The van der Waals surface area contributed by atoms with E-state index in [4.69, 9.17) is 10.5 Å². The standard InChI is InChI=1S/C21H24FN3O2/c22-19-6-5-17(27-16-3-1-14(2-4-16)7-9-23)11-18(19)21(26)25-12-15-8-10-24-20(15)13-25/h1-6,11,15,20,24H,7-10,12-13,23H2/t15-,20+/m0/s1. The SMILES string of the molecule is NCCc1ccc(Oc2ccc(F)c(C(=O)N3C[C@@H]4CCN[C@@H]4C3)c2)cc1. The van der Waals surface area contributed by atoms with Gasteiger partial charge in [-0.2, -0.15) is 0 Å². The predicted molar refractivity (Wildman–Crippen MR) is 101 cm³/mol. The highest BCUT2D eigenvalue weighted by Gasteiger charge is 2.38. The Morgan fingerprint density at radius 3 is 2.70 bits per heavy atom. The van der Waals surface area contributed by atoms with Gasteiger partial charge in [0.1, 0.15) is 17.3 Å². The Hall–Kier alpha value is -2.44. The molecule has 142 valence electrons. The first-order chi connectivity index (χ1) is 13.1. The third kappa shape index (κ3) is 3.82. The number of amides is 1. The number of fused-ring (bicyclic) bond motifs is 1. The highest BCUT2D eigenvalue weighted by Crippen LogP contribution is 2.28. The van der Waals surface area contributed by atoms with Crippen LogP contribution in [0.4, 0.5) is 4.39 Å². The van der Waals surface area contributed by atoms with Gasteiger partial charge in [-0.05, 0) is 67.7 Å². The number of hydrogen-bond donors (Lipinski definition) is 2.